The van der Waals surface area contributed by atoms with Crippen molar-refractivity contribution in [2.24, 2.45) is 0 Å². The first-order valence-corrected chi connectivity index (χ1v) is 9.07. The molecule has 0 aliphatic heterocycles. The van der Waals surface area contributed by atoms with Crippen LogP contribution < -0.4 is 16.0 Å². The summed E-state index contributed by atoms with van der Waals surface area (Å²) in [6, 6.07) is 4.33. The third-order valence-corrected chi connectivity index (χ3v) is 4.13. The monoisotopic (exact) mass is 375 g/mol. The molecular weight excluding hydrogens is 346 g/mol. The van der Waals surface area contributed by atoms with Crippen LogP contribution in [0.25, 0.3) is 0 Å². The lowest BCUT2D eigenvalue weighted by Crippen LogP contribution is -2.45. The van der Waals surface area contributed by atoms with Gasteiger partial charge in [-0.15, -0.1) is 0 Å². The summed E-state index contributed by atoms with van der Waals surface area (Å²) >= 11 is 0. The Morgan fingerprint density at radius 3 is 2.41 bits per heavy atom. The van der Waals surface area contributed by atoms with Crippen molar-refractivity contribution in [2.75, 3.05) is 18.5 Å². The summed E-state index contributed by atoms with van der Waals surface area (Å²) in [6.07, 6.45) is 3.15. The molecule has 1 aromatic carbocycles. The van der Waals surface area contributed by atoms with Gasteiger partial charge in [-0.05, 0) is 37.5 Å². The molecule has 1 rings (SSSR count). The lowest BCUT2D eigenvalue weighted by molar-refractivity contribution is -0.116. The maximum atomic E-state index is 12.4. The number of nitrogens with one attached hydrogen (secondary N) is 3. The number of aliphatic hydroxyl groups excluding tert-OH is 1. The maximum absolute atomic E-state index is 12.4. The topological polar surface area (TPSA) is 108 Å². The molecule has 0 aliphatic carbocycles. The first-order valence-electron chi connectivity index (χ1n) is 9.07. The van der Waals surface area contributed by atoms with Gasteiger partial charge in [0.25, 0.3) is 5.91 Å². The third-order valence-electron chi connectivity index (χ3n) is 4.13. The molecule has 0 bridgehead atoms. The van der Waals surface area contributed by atoms with E-state index in [-0.39, 0.29) is 25.0 Å². The van der Waals surface area contributed by atoms with Crippen LogP contribution in [0, 0.1) is 6.92 Å². The number of hydrogen-bond donors (Lipinski definition) is 4. The van der Waals surface area contributed by atoms with Crippen LogP contribution in [-0.4, -0.2) is 42.0 Å². The summed E-state index contributed by atoms with van der Waals surface area (Å²) < 4.78 is 0. The Balaban J connectivity index is 2.72. The van der Waals surface area contributed by atoms with E-state index < -0.39 is 11.9 Å². The number of benzene rings is 1. The molecule has 0 spiro atoms. The standard InChI is InChI=1S/C20H29N3O4/c1-5-15(6-2)9-19(26)21-11-17(12-24)23-20(27)16-8-7-13(3)18(10-16)22-14(4)25/h7-10,17,24H,5-6,11-12H2,1-4H3,(H,21,26)(H,22,25)(H,23,27). The van der Waals surface area contributed by atoms with E-state index in [4.69, 9.17) is 0 Å². The first-order chi connectivity index (χ1) is 12.8. The Bertz CT molecular complexity index is 707. The lowest BCUT2D eigenvalue weighted by atomic mass is 10.1. The van der Waals surface area contributed by atoms with E-state index in [9.17, 15) is 19.5 Å². The number of rotatable bonds is 9. The molecule has 0 aromatic heterocycles. The highest BCUT2D eigenvalue weighted by molar-refractivity contribution is 5.97. The molecule has 4 N–H and O–H groups in total. The van der Waals surface area contributed by atoms with Crippen LogP contribution in [0.4, 0.5) is 5.69 Å². The highest BCUT2D eigenvalue weighted by Crippen LogP contribution is 2.17. The summed E-state index contributed by atoms with van der Waals surface area (Å²) in [5.41, 5.74) is 2.78. The number of anilines is 1. The van der Waals surface area contributed by atoms with E-state index in [2.05, 4.69) is 16.0 Å². The Kier molecular flexibility index (Phi) is 9.22. The van der Waals surface area contributed by atoms with E-state index in [0.717, 1.165) is 24.0 Å². The van der Waals surface area contributed by atoms with Crippen LogP contribution in [0.1, 0.15) is 49.5 Å². The van der Waals surface area contributed by atoms with Crippen molar-refractivity contribution < 1.29 is 19.5 Å². The number of aryl methyl sites for hydroxylation is 1. The molecule has 7 heteroatoms. The number of carbonyl (C=O) groups excluding carboxylic acids is 3. The van der Waals surface area contributed by atoms with Crippen molar-refractivity contribution in [3.63, 3.8) is 0 Å². The predicted octanol–water partition coefficient (Wildman–Crippen LogP) is 1.91. The Morgan fingerprint density at radius 1 is 1.19 bits per heavy atom. The second-order valence-electron chi connectivity index (χ2n) is 6.32. The van der Waals surface area contributed by atoms with Gasteiger partial charge in [0.2, 0.25) is 11.8 Å². The van der Waals surface area contributed by atoms with Crippen molar-refractivity contribution in [1.82, 2.24) is 10.6 Å². The fraction of sp³-hybridized carbons (Fsp3) is 0.450. The summed E-state index contributed by atoms with van der Waals surface area (Å²) in [4.78, 5) is 35.6. The summed E-state index contributed by atoms with van der Waals surface area (Å²) in [5, 5.41) is 17.5. The van der Waals surface area contributed by atoms with E-state index >= 15 is 0 Å². The van der Waals surface area contributed by atoms with Gasteiger partial charge < -0.3 is 21.1 Å². The highest BCUT2D eigenvalue weighted by Gasteiger charge is 2.15. The van der Waals surface area contributed by atoms with Gasteiger partial charge in [-0.3, -0.25) is 14.4 Å². The van der Waals surface area contributed by atoms with E-state index in [1.165, 1.54) is 6.92 Å². The van der Waals surface area contributed by atoms with Crippen LogP contribution in [0.3, 0.4) is 0 Å². The second-order valence-corrected chi connectivity index (χ2v) is 6.32. The lowest BCUT2D eigenvalue weighted by Gasteiger charge is -2.17. The first kappa shape index (κ1) is 22.4. The number of amides is 3. The average Bonchev–Trinajstić information content (AvgIpc) is 2.64. The van der Waals surface area contributed by atoms with Gasteiger partial charge in [0.05, 0.1) is 12.6 Å². The number of allylic oxidation sites excluding steroid dienone is 1. The molecule has 7 nitrogen and oxygen atoms in total. The van der Waals surface area contributed by atoms with Crippen molar-refractivity contribution in [3.05, 3.63) is 41.0 Å². The highest BCUT2D eigenvalue weighted by atomic mass is 16.3. The molecule has 0 aliphatic rings. The predicted molar refractivity (Wildman–Crippen MR) is 105 cm³/mol. The van der Waals surface area contributed by atoms with Crippen LogP contribution in [-0.2, 0) is 9.59 Å². The molecular formula is C20H29N3O4. The van der Waals surface area contributed by atoms with Crippen molar-refractivity contribution >= 4 is 23.4 Å². The molecule has 0 radical (unpaired) electrons. The van der Waals surface area contributed by atoms with Gasteiger partial charge in [-0.25, -0.2) is 0 Å². The minimum Gasteiger partial charge on any atom is -0.394 e. The van der Waals surface area contributed by atoms with Gasteiger partial charge in [0.1, 0.15) is 0 Å². The molecule has 1 atom stereocenters. The van der Waals surface area contributed by atoms with Gasteiger partial charge in [0.15, 0.2) is 0 Å². The molecule has 1 aromatic rings. The molecule has 3 amide bonds. The summed E-state index contributed by atoms with van der Waals surface area (Å²) in [5.74, 6) is -0.865. The van der Waals surface area contributed by atoms with Crippen molar-refractivity contribution in [1.29, 1.82) is 0 Å². The van der Waals surface area contributed by atoms with E-state index in [1.807, 2.05) is 20.8 Å². The maximum Gasteiger partial charge on any atom is 0.251 e. The summed E-state index contributed by atoms with van der Waals surface area (Å²) in [7, 11) is 0. The molecule has 148 valence electrons. The second kappa shape index (κ2) is 11.1. The number of carbonyl (C=O) groups is 3. The normalized spacial score (nSPS) is 11.3. The van der Waals surface area contributed by atoms with E-state index in [1.54, 1.807) is 24.3 Å². The van der Waals surface area contributed by atoms with Crippen molar-refractivity contribution in [3.8, 4) is 0 Å². The van der Waals surface area contributed by atoms with Gasteiger partial charge in [-0.2, -0.15) is 0 Å². The Labute approximate surface area is 160 Å². The molecule has 27 heavy (non-hydrogen) atoms. The van der Waals surface area contributed by atoms with E-state index in [0.29, 0.717) is 11.3 Å². The van der Waals surface area contributed by atoms with Crippen molar-refractivity contribution in [2.45, 2.75) is 46.6 Å². The molecule has 0 saturated heterocycles. The van der Waals surface area contributed by atoms with Crippen LogP contribution >= 0.6 is 0 Å². The third kappa shape index (κ3) is 7.62. The number of aliphatic hydroxyl groups is 1. The van der Waals surface area contributed by atoms with Crippen LogP contribution in [0.2, 0.25) is 0 Å². The van der Waals surface area contributed by atoms with Gasteiger partial charge >= 0.3 is 0 Å². The number of hydrogen-bond acceptors (Lipinski definition) is 4. The molecule has 1 unspecified atom stereocenters. The zero-order chi connectivity index (χ0) is 20.4. The molecule has 0 saturated carbocycles. The quantitative estimate of drug-likeness (QED) is 0.495. The largest absolute Gasteiger partial charge is 0.394 e. The molecule has 0 heterocycles. The average molecular weight is 375 g/mol. The fourth-order valence-electron chi connectivity index (χ4n) is 2.43. The Morgan fingerprint density at radius 2 is 1.85 bits per heavy atom. The van der Waals surface area contributed by atoms with Crippen LogP contribution in [0.5, 0.6) is 0 Å². The van der Waals surface area contributed by atoms with Crippen LogP contribution in [0.15, 0.2) is 29.8 Å². The minimum absolute atomic E-state index is 0.114. The smallest absolute Gasteiger partial charge is 0.251 e. The minimum atomic E-state index is -0.618. The summed E-state index contributed by atoms with van der Waals surface area (Å²) in [6.45, 7) is 6.99. The Hall–Kier alpha value is -2.67. The zero-order valence-corrected chi connectivity index (χ0v) is 16.4. The van der Waals surface area contributed by atoms with Gasteiger partial charge in [-0.1, -0.05) is 25.5 Å². The zero-order valence-electron chi connectivity index (χ0n) is 16.4. The van der Waals surface area contributed by atoms with Gasteiger partial charge in [0, 0.05) is 30.8 Å². The SMILES string of the molecule is CCC(=CC(=O)NCC(CO)NC(=O)c1ccc(C)c(NC(C)=O)c1)CC. The fourth-order valence-corrected chi connectivity index (χ4v) is 2.43. The molecule has 0 fully saturated rings.